The molecule has 1 aliphatic rings. The Morgan fingerprint density at radius 2 is 2.27 bits per heavy atom. The maximum atomic E-state index is 11.8. The minimum atomic E-state index is -0.305. The summed E-state index contributed by atoms with van der Waals surface area (Å²) in [6.07, 6.45) is 9.16. The highest BCUT2D eigenvalue weighted by atomic mass is 16.5. The van der Waals surface area contributed by atoms with Gasteiger partial charge in [0.2, 0.25) is 0 Å². The van der Waals surface area contributed by atoms with E-state index in [2.05, 4.69) is 11.1 Å². The first-order valence-corrected chi connectivity index (χ1v) is 7.78. The second kappa shape index (κ2) is 7.78. The van der Waals surface area contributed by atoms with Crippen molar-refractivity contribution in [2.24, 2.45) is 10.7 Å². The Balaban J connectivity index is 2.09. The Morgan fingerprint density at radius 3 is 3.05 bits per heavy atom. The van der Waals surface area contributed by atoms with Crippen molar-refractivity contribution >= 4 is 17.9 Å². The molecule has 1 aliphatic heterocycles. The Hall–Kier alpha value is -2.10. The van der Waals surface area contributed by atoms with Crippen LogP contribution >= 0.6 is 0 Å². The number of hydrogen-bond donors (Lipinski definition) is 1. The van der Waals surface area contributed by atoms with E-state index >= 15 is 0 Å². The molecule has 1 unspecified atom stereocenters. The highest BCUT2D eigenvalue weighted by molar-refractivity contribution is 5.93. The van der Waals surface area contributed by atoms with Gasteiger partial charge in [0, 0.05) is 6.42 Å². The van der Waals surface area contributed by atoms with Gasteiger partial charge >= 0.3 is 5.97 Å². The summed E-state index contributed by atoms with van der Waals surface area (Å²) in [5, 5.41) is 0. The zero-order valence-electron chi connectivity index (χ0n) is 13.3. The van der Waals surface area contributed by atoms with Crippen LogP contribution in [0.25, 0.3) is 6.08 Å². The van der Waals surface area contributed by atoms with Crippen LogP contribution in [0.15, 0.2) is 29.3 Å². The number of esters is 1. The highest BCUT2D eigenvalue weighted by Crippen LogP contribution is 2.18. The van der Waals surface area contributed by atoms with Crippen LogP contribution in [0.3, 0.4) is 0 Å². The highest BCUT2D eigenvalue weighted by Gasteiger charge is 2.12. The van der Waals surface area contributed by atoms with Crippen LogP contribution in [0.1, 0.15) is 53.6 Å². The van der Waals surface area contributed by atoms with Crippen LogP contribution in [0.5, 0.6) is 0 Å². The first-order chi connectivity index (χ1) is 10.6. The lowest BCUT2D eigenvalue weighted by Gasteiger charge is -2.08. The monoisotopic (exact) mass is 300 g/mol. The second-order valence-electron chi connectivity index (χ2n) is 5.74. The summed E-state index contributed by atoms with van der Waals surface area (Å²) in [7, 11) is 1.40. The quantitative estimate of drug-likeness (QED) is 0.866. The summed E-state index contributed by atoms with van der Waals surface area (Å²) in [4.78, 5) is 16.4. The molecule has 4 nitrogen and oxygen atoms in total. The van der Waals surface area contributed by atoms with Crippen molar-refractivity contribution in [2.45, 2.75) is 45.1 Å². The van der Waals surface area contributed by atoms with Gasteiger partial charge in [0.25, 0.3) is 0 Å². The first kappa shape index (κ1) is 16.3. The van der Waals surface area contributed by atoms with Crippen LogP contribution < -0.4 is 5.73 Å². The van der Waals surface area contributed by atoms with Crippen LogP contribution in [-0.2, 0) is 4.74 Å². The van der Waals surface area contributed by atoms with Gasteiger partial charge in [-0.25, -0.2) is 4.79 Å². The standard InChI is InChI=1S/C18H24N2O2/c1-13-10-11-14(16(12-13)18(21)22-2)6-5-8-15-7-3-4-9-17(19)20-15/h5-6,10-12,15H,3-4,7-9H2,1-2H3,(H2,19,20)/b6-5+. The molecule has 118 valence electrons. The lowest BCUT2D eigenvalue weighted by molar-refractivity contribution is 0.0600. The van der Waals surface area contributed by atoms with Crippen LogP contribution in [0.2, 0.25) is 0 Å². The fraction of sp³-hybridized carbons (Fsp3) is 0.444. The third-order valence-electron chi connectivity index (χ3n) is 3.89. The van der Waals surface area contributed by atoms with Gasteiger partial charge in [0.05, 0.1) is 24.6 Å². The number of nitrogens with zero attached hydrogens (tertiary/aromatic N) is 1. The number of methoxy groups -OCH3 is 1. The predicted molar refractivity (Wildman–Crippen MR) is 90.0 cm³/mol. The van der Waals surface area contributed by atoms with E-state index in [1.807, 2.05) is 31.2 Å². The molecule has 0 aliphatic carbocycles. The number of hydrogen-bond acceptors (Lipinski definition) is 4. The lowest BCUT2D eigenvalue weighted by atomic mass is 10.0. The SMILES string of the molecule is COC(=O)c1cc(C)ccc1/C=C/CC1CCCCC(N)=N1. The van der Waals surface area contributed by atoms with E-state index in [0.29, 0.717) is 5.56 Å². The molecule has 1 aromatic rings. The number of aryl methyl sites for hydroxylation is 1. The maximum Gasteiger partial charge on any atom is 0.338 e. The third kappa shape index (κ3) is 4.45. The number of ether oxygens (including phenoxy) is 1. The molecule has 0 saturated heterocycles. The van der Waals surface area contributed by atoms with Crippen LogP contribution in [0.4, 0.5) is 0 Å². The summed E-state index contributed by atoms with van der Waals surface area (Å²) in [6.45, 7) is 1.96. The fourth-order valence-corrected chi connectivity index (χ4v) is 2.67. The van der Waals surface area contributed by atoms with E-state index in [4.69, 9.17) is 10.5 Å². The summed E-state index contributed by atoms with van der Waals surface area (Å²) in [5.74, 6) is 0.460. The number of nitrogens with two attached hydrogens (primary N) is 1. The number of amidine groups is 1. The van der Waals surface area contributed by atoms with Crippen molar-refractivity contribution in [3.63, 3.8) is 0 Å². The van der Waals surface area contributed by atoms with Crippen molar-refractivity contribution in [3.05, 3.63) is 41.0 Å². The average molecular weight is 300 g/mol. The molecule has 2 N–H and O–H groups in total. The van der Waals surface area contributed by atoms with E-state index in [1.54, 1.807) is 0 Å². The Bertz CT molecular complexity index is 591. The van der Waals surface area contributed by atoms with Crippen molar-refractivity contribution in [1.29, 1.82) is 0 Å². The molecule has 1 atom stereocenters. The summed E-state index contributed by atoms with van der Waals surface area (Å²) in [5.41, 5.74) is 8.39. The van der Waals surface area contributed by atoms with E-state index < -0.39 is 0 Å². The minimum Gasteiger partial charge on any atom is -0.465 e. The lowest BCUT2D eigenvalue weighted by Crippen LogP contribution is -2.13. The van der Waals surface area contributed by atoms with Gasteiger partial charge in [0.15, 0.2) is 0 Å². The molecule has 2 rings (SSSR count). The van der Waals surface area contributed by atoms with Crippen molar-refractivity contribution in [3.8, 4) is 0 Å². The number of carbonyl (C=O) groups is 1. The zero-order valence-corrected chi connectivity index (χ0v) is 13.3. The molecule has 0 spiro atoms. The van der Waals surface area contributed by atoms with Crippen molar-refractivity contribution in [1.82, 2.24) is 0 Å². The number of aliphatic imine (C=N–C) groups is 1. The average Bonchev–Trinajstić information content (AvgIpc) is 2.72. The van der Waals surface area contributed by atoms with Crippen molar-refractivity contribution < 1.29 is 9.53 Å². The van der Waals surface area contributed by atoms with Gasteiger partial charge in [0.1, 0.15) is 0 Å². The molecule has 0 fully saturated rings. The van der Waals surface area contributed by atoms with Gasteiger partial charge in [-0.1, -0.05) is 36.3 Å². The molecule has 0 radical (unpaired) electrons. The van der Waals surface area contributed by atoms with Gasteiger partial charge in [-0.2, -0.15) is 0 Å². The van der Waals surface area contributed by atoms with Gasteiger partial charge in [-0.05, 0) is 37.8 Å². The minimum absolute atomic E-state index is 0.255. The summed E-state index contributed by atoms with van der Waals surface area (Å²) in [6, 6.07) is 6.05. The molecule has 0 saturated carbocycles. The maximum absolute atomic E-state index is 11.8. The second-order valence-corrected chi connectivity index (χ2v) is 5.74. The van der Waals surface area contributed by atoms with E-state index in [-0.39, 0.29) is 12.0 Å². The van der Waals surface area contributed by atoms with E-state index in [9.17, 15) is 4.79 Å². The first-order valence-electron chi connectivity index (χ1n) is 7.78. The molecule has 0 bridgehead atoms. The van der Waals surface area contributed by atoms with E-state index in [1.165, 1.54) is 13.5 Å². The van der Waals surface area contributed by atoms with Gasteiger partial charge in [-0.15, -0.1) is 0 Å². The summed E-state index contributed by atoms with van der Waals surface area (Å²) < 4.78 is 4.85. The molecule has 1 aromatic carbocycles. The Kier molecular flexibility index (Phi) is 5.75. The molecule has 4 heteroatoms. The largest absolute Gasteiger partial charge is 0.465 e. The summed E-state index contributed by atoms with van der Waals surface area (Å²) >= 11 is 0. The van der Waals surface area contributed by atoms with Crippen LogP contribution in [0, 0.1) is 6.92 Å². The molecule has 0 aromatic heterocycles. The smallest absolute Gasteiger partial charge is 0.338 e. The van der Waals surface area contributed by atoms with Crippen LogP contribution in [-0.4, -0.2) is 25.0 Å². The number of carbonyl (C=O) groups excluding carboxylic acids is 1. The molecular formula is C18H24N2O2. The molecule has 22 heavy (non-hydrogen) atoms. The Labute approximate surface area is 132 Å². The van der Waals surface area contributed by atoms with Crippen molar-refractivity contribution in [2.75, 3.05) is 7.11 Å². The number of benzene rings is 1. The van der Waals surface area contributed by atoms with Gasteiger partial charge < -0.3 is 10.5 Å². The topological polar surface area (TPSA) is 64.7 Å². The van der Waals surface area contributed by atoms with E-state index in [0.717, 1.165) is 42.6 Å². The molecule has 0 amide bonds. The fourth-order valence-electron chi connectivity index (χ4n) is 2.67. The number of rotatable bonds is 4. The zero-order chi connectivity index (χ0) is 15.9. The Morgan fingerprint density at radius 1 is 1.45 bits per heavy atom. The molecule has 1 heterocycles. The molecular weight excluding hydrogens is 276 g/mol. The predicted octanol–water partition coefficient (Wildman–Crippen LogP) is 3.48. The van der Waals surface area contributed by atoms with Gasteiger partial charge in [-0.3, -0.25) is 4.99 Å². The normalized spacial score (nSPS) is 18.8. The third-order valence-corrected chi connectivity index (χ3v) is 3.89.